The fourth-order valence-electron chi connectivity index (χ4n) is 17.3. The number of anilines is 2. The van der Waals surface area contributed by atoms with Crippen LogP contribution in [0.4, 0.5) is 21.0 Å². The Morgan fingerprint density at radius 2 is 1.03 bits per heavy atom. The van der Waals surface area contributed by atoms with Crippen molar-refractivity contribution >= 4 is 79.2 Å². The van der Waals surface area contributed by atoms with Crippen LogP contribution in [0.5, 0.6) is 0 Å². The van der Waals surface area contributed by atoms with Crippen molar-refractivity contribution in [1.29, 1.82) is 0 Å². The quantitative estimate of drug-likeness (QED) is 0.0315. The number of hydrogen-bond acceptors (Lipinski definition) is 12. The Kier molecular flexibility index (Phi) is 38.0. The van der Waals surface area contributed by atoms with Crippen molar-refractivity contribution in [1.82, 2.24) is 19.6 Å². The van der Waals surface area contributed by atoms with E-state index in [4.69, 9.17) is 38.3 Å². The zero-order valence-corrected chi connectivity index (χ0v) is 76.7. The van der Waals surface area contributed by atoms with Gasteiger partial charge in [0.2, 0.25) is 11.8 Å². The van der Waals surface area contributed by atoms with E-state index in [0.717, 1.165) is 25.1 Å². The maximum absolute atomic E-state index is 13.8. The first-order valence-electron chi connectivity index (χ1n) is 42.0. The molecule has 3 saturated carbocycles. The summed E-state index contributed by atoms with van der Waals surface area (Å²) in [5.74, 6) is -1.74. The number of nitrogens with zero attached hydrogens (tertiary/aromatic N) is 6. The third kappa shape index (κ3) is 30.2. The molecule has 4 amide bonds. The minimum absolute atomic E-state index is 0.0465. The van der Waals surface area contributed by atoms with Crippen molar-refractivity contribution < 1.29 is 61.2 Å². The van der Waals surface area contributed by atoms with Crippen molar-refractivity contribution in [3.63, 3.8) is 0 Å². The van der Waals surface area contributed by atoms with Crippen LogP contribution in [0.2, 0.25) is 0 Å². The molecular weight excluding hydrogens is 1550 g/mol. The van der Waals surface area contributed by atoms with E-state index in [0.29, 0.717) is 38.8 Å². The normalized spacial score (nSPS) is 21.0. The molecule has 10 rings (SSSR count). The number of ether oxygens (including phenoxy) is 4. The maximum atomic E-state index is 13.8. The number of carbonyl (C=O) groups is 6. The van der Waals surface area contributed by atoms with E-state index in [2.05, 4.69) is 88.9 Å². The van der Waals surface area contributed by atoms with Crippen molar-refractivity contribution in [3.05, 3.63) is 137 Å². The number of amides is 4. The molecule has 20 heteroatoms. The number of likely N-dealkylation sites (tertiary alicyclic amines) is 2. The van der Waals surface area contributed by atoms with E-state index in [1.54, 1.807) is 185 Å². The summed E-state index contributed by atoms with van der Waals surface area (Å²) in [7, 11) is 11.3. The Bertz CT molecular complexity index is 3470. The number of fused-ring (bicyclic) bond motifs is 1. The second-order valence-corrected chi connectivity index (χ2v) is 45.0. The van der Waals surface area contributed by atoms with Gasteiger partial charge in [0.15, 0.2) is 0 Å². The molecule has 4 heterocycles. The Hall–Kier alpha value is -5.60. The van der Waals surface area contributed by atoms with Gasteiger partial charge in [0, 0.05) is 57.3 Å². The number of carbonyl (C=O) groups excluding carboxylic acids is 6. The SMILES string of the molecule is C1CCC([PH+](C2CCCCC2)C2CCCCC2)CC1.C=C[C@@H]1CCN(C(=O)OC(C)(C)C)C1C(=O)N(CC(=O)OC(C)(C)C)[C@H](/C=C/CC)CC.CCC1C=C[C@@H]2CCN(C(=O)OC(C)(C)C)[C@H]2C(=O)N1CC(=O)OC(C)(C)C.Cc1cc(C)c(N2[CH-]N(c3c(C)cc(C)cc3C)CC2)c(C)c1.[Cl][Ru]([Cl])=[CH]c1ccccc1. The van der Waals surface area contributed by atoms with Gasteiger partial charge in [0.1, 0.15) is 47.6 Å². The molecule has 7 aliphatic rings. The molecule has 628 valence electrons. The van der Waals surface area contributed by atoms with Crippen LogP contribution in [0.1, 0.15) is 271 Å². The third-order valence-corrected chi connectivity index (χ3v) is 28.1. The number of allylic oxidation sites excluding steroid dienone is 1. The van der Waals surface area contributed by atoms with E-state index in [1.165, 1.54) is 81.3 Å². The van der Waals surface area contributed by atoms with Gasteiger partial charge < -0.3 is 38.5 Å². The molecule has 0 N–H and O–H groups in total. The standard InChI is InChI=1S/C25H42N2O5.C21H34N2O5.C21H27N2.C18H33P.C7H6.2ClH.Ru/c1-10-13-14-19(12-3)27(17-20(28)31-24(4,5)6)22(29)21-18(11-2)15-16-26(21)23(30)32-25(7,8)9;1-8-15-10-9-14-11-12-22(19(26)28-21(5,6)7)17(14)18(25)23(15)13-16(24)27-20(2,3)4;1-14-9-16(3)20(17(4)10-14)22-7-8-23(13-22)21-18(5)11-15(2)12-19(21)6;1-4-10-16(11-5-1)19(17-12-6-2-7-13-17)18-14-8-3-9-15-18;1-7-5-3-2-4-6-7;;;/h11,13-14,18-19,21H,2,10,12,15-17H2,1,3-9H3;9-10,14-15,17H,8,11-13H2,1-7H3;9-13H,7-8H2,1-6H3;16-18H,1-15H2;1-6H;2*1H;/q;;-1;;;;;+2/p-1/b14-13+;;;;;;;/t18-,19+,21?;14-,15?,17-;;;;;;/m11....../s1. The van der Waals surface area contributed by atoms with E-state index >= 15 is 0 Å². The first-order valence-corrected chi connectivity index (χ1v) is 49.2. The molecule has 16 nitrogen and oxygen atoms in total. The summed E-state index contributed by atoms with van der Waals surface area (Å²) in [6, 6.07) is 17.1. The second-order valence-electron chi connectivity index (χ2n) is 35.9. The fourth-order valence-corrected chi connectivity index (χ4v) is 24.4. The number of aryl methyl sites for hydroxylation is 6. The number of benzene rings is 3. The molecule has 3 aromatic rings. The molecule has 3 aliphatic carbocycles. The first-order chi connectivity index (χ1) is 52.7. The zero-order valence-electron chi connectivity index (χ0n) is 72.4. The molecule has 4 aliphatic heterocycles. The molecule has 6 fully saturated rings. The molecule has 0 aromatic heterocycles. The Labute approximate surface area is 690 Å². The van der Waals surface area contributed by atoms with Crippen LogP contribution in [0.3, 0.4) is 0 Å². The van der Waals surface area contributed by atoms with Crippen LogP contribution >= 0.6 is 27.3 Å². The predicted molar refractivity (Wildman–Crippen MR) is 464 cm³/mol. The molecule has 112 heavy (non-hydrogen) atoms. The summed E-state index contributed by atoms with van der Waals surface area (Å²) < 4.78 is 23.9. The molecular formula is C92H143Cl2N6O10PRu. The van der Waals surface area contributed by atoms with Crippen LogP contribution in [0, 0.1) is 60.0 Å². The van der Waals surface area contributed by atoms with Crippen LogP contribution in [0.15, 0.2) is 91.6 Å². The molecule has 3 saturated heterocycles. The van der Waals surface area contributed by atoms with Crippen LogP contribution in [0.25, 0.3) is 0 Å². The summed E-state index contributed by atoms with van der Waals surface area (Å²) in [6.07, 6.45) is 35.8. The van der Waals surface area contributed by atoms with Crippen molar-refractivity contribution in [2.75, 3.05) is 49.1 Å². The van der Waals surface area contributed by atoms with Crippen molar-refractivity contribution in [2.24, 2.45) is 11.8 Å². The predicted octanol–water partition coefficient (Wildman–Crippen LogP) is 21.8. The zero-order chi connectivity index (χ0) is 83.0. The Balaban J connectivity index is 0.000000226. The van der Waals surface area contributed by atoms with E-state index < -0.39 is 72.1 Å². The van der Waals surface area contributed by atoms with Crippen LogP contribution < -0.4 is 9.80 Å². The topological polar surface area (TPSA) is 159 Å². The monoisotopic (exact) mass is 1690 g/mol. The minimum atomic E-state index is -1.61. The van der Waals surface area contributed by atoms with Gasteiger partial charge in [-0.3, -0.25) is 29.0 Å². The van der Waals surface area contributed by atoms with Crippen LogP contribution in [-0.2, 0) is 51.6 Å². The number of hydrogen-bond donors (Lipinski definition) is 0. The van der Waals surface area contributed by atoms with E-state index in [1.807, 2.05) is 80.0 Å². The summed E-state index contributed by atoms with van der Waals surface area (Å²) in [6.45, 7) is 49.5. The van der Waals surface area contributed by atoms with Crippen molar-refractivity contribution in [2.45, 2.75) is 337 Å². The summed E-state index contributed by atoms with van der Waals surface area (Å²) in [5, 5.41) is 0. The van der Waals surface area contributed by atoms with Gasteiger partial charge in [-0.05, 0) is 256 Å². The van der Waals surface area contributed by atoms with Crippen LogP contribution in [-0.4, -0.2) is 163 Å². The second kappa shape index (κ2) is 44.7. The first kappa shape index (κ1) is 95.3. The van der Waals surface area contributed by atoms with Gasteiger partial charge >= 0.3 is 97.5 Å². The Morgan fingerprint density at radius 1 is 0.589 bits per heavy atom. The van der Waals surface area contributed by atoms with Gasteiger partial charge in [-0.15, -0.1) is 6.58 Å². The fraction of sp³-hybridized carbons (Fsp3) is 0.652. The summed E-state index contributed by atoms with van der Waals surface area (Å²) >= 11 is -1.61. The van der Waals surface area contributed by atoms with E-state index in [-0.39, 0.29) is 56.7 Å². The molecule has 6 atom stereocenters. The van der Waals surface area contributed by atoms with Gasteiger partial charge in [0.25, 0.3) is 0 Å². The third-order valence-electron chi connectivity index (χ3n) is 21.7. The average molecular weight is 1700 g/mol. The number of esters is 2. The molecule has 2 unspecified atom stereocenters. The summed E-state index contributed by atoms with van der Waals surface area (Å²) in [4.78, 5) is 88.7. The van der Waals surface area contributed by atoms with Gasteiger partial charge in [-0.25, -0.2) is 9.59 Å². The van der Waals surface area contributed by atoms with E-state index in [9.17, 15) is 28.8 Å². The van der Waals surface area contributed by atoms with Gasteiger partial charge in [-0.2, -0.15) is 6.67 Å². The molecule has 0 bridgehead atoms. The molecule has 3 aromatic carbocycles. The number of halogens is 2. The van der Waals surface area contributed by atoms with Gasteiger partial charge in [0.05, 0.1) is 29.1 Å². The number of rotatable bonds is 17. The molecule has 0 radical (unpaired) electrons. The molecule has 0 spiro atoms. The van der Waals surface area contributed by atoms with Gasteiger partial charge in [-0.1, -0.05) is 106 Å². The Morgan fingerprint density at radius 3 is 1.44 bits per heavy atom. The van der Waals surface area contributed by atoms with Crippen molar-refractivity contribution in [3.8, 4) is 0 Å². The summed E-state index contributed by atoms with van der Waals surface area (Å²) in [5.41, 5.74) is 13.0. The average Bonchev–Trinajstić information content (AvgIpc) is 1.64.